The molecule has 0 aliphatic rings. The molecule has 0 aliphatic heterocycles. The summed E-state index contributed by atoms with van der Waals surface area (Å²) >= 11 is 0. The zero-order valence-corrected chi connectivity index (χ0v) is 21.6. The highest BCUT2D eigenvalue weighted by atomic mass is 32.2. The molecule has 2 N–H and O–H groups in total. The van der Waals surface area contributed by atoms with Crippen molar-refractivity contribution in [2.75, 3.05) is 17.9 Å². The molecule has 0 unspecified atom stereocenters. The highest BCUT2D eigenvalue weighted by Crippen LogP contribution is 2.24. The van der Waals surface area contributed by atoms with Gasteiger partial charge in [0.15, 0.2) is 0 Å². The van der Waals surface area contributed by atoms with Gasteiger partial charge in [-0.1, -0.05) is 12.7 Å². The van der Waals surface area contributed by atoms with Crippen molar-refractivity contribution in [1.29, 1.82) is 0 Å². The molecule has 3 rings (SSSR count). The van der Waals surface area contributed by atoms with Crippen LogP contribution in [0.15, 0.2) is 60.0 Å². The van der Waals surface area contributed by atoms with Crippen molar-refractivity contribution in [2.45, 2.75) is 44.2 Å². The molecule has 3 aromatic rings. The lowest BCUT2D eigenvalue weighted by atomic mass is 10.2. The third kappa shape index (κ3) is 7.78. The monoisotopic (exact) mass is 532 g/mol. The Morgan fingerprint density at radius 1 is 1.16 bits per heavy atom. The number of alkyl carbamates (subject to hydrolysis) is 1. The van der Waals surface area contributed by atoms with Crippen molar-refractivity contribution in [2.24, 2.45) is 0 Å². The normalized spacial score (nSPS) is 11.7. The third-order valence-electron chi connectivity index (χ3n) is 4.86. The Labute approximate surface area is 214 Å². The molecule has 12 heteroatoms. The number of aromatic nitrogens is 2. The summed E-state index contributed by atoms with van der Waals surface area (Å²) in [5.41, 5.74) is 0.541. The van der Waals surface area contributed by atoms with Crippen molar-refractivity contribution in [3.8, 4) is 0 Å². The van der Waals surface area contributed by atoms with E-state index in [2.05, 4.69) is 21.6 Å². The van der Waals surface area contributed by atoms with Crippen LogP contribution in [0.2, 0.25) is 0 Å². The smallest absolute Gasteiger partial charge is 0.407 e. The fourth-order valence-corrected chi connectivity index (χ4v) is 4.45. The van der Waals surface area contributed by atoms with Gasteiger partial charge in [0.2, 0.25) is 0 Å². The molecule has 198 valence electrons. The average molecular weight is 533 g/mol. The van der Waals surface area contributed by atoms with E-state index >= 15 is 0 Å². The number of anilines is 1. The summed E-state index contributed by atoms with van der Waals surface area (Å²) in [6.07, 6.45) is 1.09. The largest absolute Gasteiger partial charge is 0.459 e. The van der Waals surface area contributed by atoms with Crippen LogP contribution >= 0.6 is 0 Å². The molecule has 0 saturated carbocycles. The number of halogens is 1. The van der Waals surface area contributed by atoms with Gasteiger partial charge in [-0.15, -0.1) is 0 Å². The summed E-state index contributed by atoms with van der Waals surface area (Å²) in [7, 11) is -3.97. The Balaban J connectivity index is 1.87. The van der Waals surface area contributed by atoms with Gasteiger partial charge in [0.1, 0.15) is 30.4 Å². The number of nitrogens with zero attached hydrogens (tertiary/aromatic N) is 2. The number of carbonyl (C=O) groups excluding carboxylic acids is 2. The molecule has 0 radical (unpaired) electrons. The van der Waals surface area contributed by atoms with Crippen LogP contribution in [0.1, 0.15) is 26.6 Å². The summed E-state index contributed by atoms with van der Waals surface area (Å²) in [6, 6.07) is 9.13. The van der Waals surface area contributed by atoms with Crippen LogP contribution in [0.3, 0.4) is 0 Å². The van der Waals surface area contributed by atoms with Crippen molar-refractivity contribution < 1.29 is 31.9 Å². The standard InChI is InChI=1S/C25H29FN4O6S/c1-5-14-35-24(32)27-13-12-22-28-20-15-18(29-37(33,34)19-9-6-17(26)7-10-19)8-11-21(20)30(22)16-23(31)36-25(2,3)4/h5-11,15,29H,1,12-14,16H2,2-4H3,(H,27,32). The molecule has 10 nitrogen and oxygen atoms in total. The average Bonchev–Trinajstić information content (AvgIpc) is 3.12. The van der Waals surface area contributed by atoms with E-state index in [1.54, 1.807) is 31.4 Å². The Hall–Kier alpha value is -3.93. The van der Waals surface area contributed by atoms with E-state index in [9.17, 15) is 22.4 Å². The van der Waals surface area contributed by atoms with Crippen LogP contribution in [0.4, 0.5) is 14.9 Å². The second-order valence-electron chi connectivity index (χ2n) is 9.03. The van der Waals surface area contributed by atoms with Gasteiger partial charge in [-0.25, -0.2) is 22.6 Å². The molecule has 1 heterocycles. The number of amides is 1. The number of hydrogen-bond donors (Lipinski definition) is 2. The minimum absolute atomic E-state index is 0.0690. The number of sulfonamides is 1. The maximum atomic E-state index is 13.2. The van der Waals surface area contributed by atoms with Gasteiger partial charge < -0.3 is 19.4 Å². The highest BCUT2D eigenvalue weighted by molar-refractivity contribution is 7.92. The highest BCUT2D eigenvalue weighted by Gasteiger charge is 2.21. The van der Waals surface area contributed by atoms with E-state index in [4.69, 9.17) is 9.47 Å². The summed E-state index contributed by atoms with van der Waals surface area (Å²) < 4.78 is 53.0. The lowest BCUT2D eigenvalue weighted by Crippen LogP contribution is -2.29. The second kappa shape index (κ2) is 11.4. The number of esters is 1. The van der Waals surface area contributed by atoms with Crippen LogP contribution in [0.25, 0.3) is 11.0 Å². The zero-order chi connectivity index (χ0) is 27.2. The van der Waals surface area contributed by atoms with E-state index in [1.807, 2.05) is 0 Å². The fraction of sp³-hybridized carbons (Fsp3) is 0.320. The number of carbonyl (C=O) groups is 2. The minimum Gasteiger partial charge on any atom is -0.459 e. The van der Waals surface area contributed by atoms with Gasteiger partial charge in [0.05, 0.1) is 21.6 Å². The Morgan fingerprint density at radius 3 is 2.51 bits per heavy atom. The molecule has 0 fully saturated rings. The molecule has 0 spiro atoms. The van der Waals surface area contributed by atoms with Crippen LogP contribution in [0, 0.1) is 5.82 Å². The maximum Gasteiger partial charge on any atom is 0.407 e. The van der Waals surface area contributed by atoms with E-state index in [-0.39, 0.29) is 36.7 Å². The minimum atomic E-state index is -3.97. The zero-order valence-electron chi connectivity index (χ0n) is 20.8. The number of ether oxygens (including phenoxy) is 2. The van der Waals surface area contributed by atoms with Gasteiger partial charge >= 0.3 is 12.1 Å². The maximum absolute atomic E-state index is 13.2. The SMILES string of the molecule is C=CCOC(=O)NCCc1nc2cc(NS(=O)(=O)c3ccc(F)cc3)ccc2n1CC(=O)OC(C)(C)C. The lowest BCUT2D eigenvalue weighted by molar-refractivity contribution is -0.155. The number of hydrogen-bond acceptors (Lipinski definition) is 7. The Kier molecular flexibility index (Phi) is 8.53. The molecule has 0 saturated heterocycles. The first kappa shape index (κ1) is 27.7. The van der Waals surface area contributed by atoms with Gasteiger partial charge in [0.25, 0.3) is 10.0 Å². The molecule has 0 atom stereocenters. The number of nitrogens with one attached hydrogen (secondary N) is 2. The third-order valence-corrected chi connectivity index (χ3v) is 6.26. The van der Waals surface area contributed by atoms with Gasteiger partial charge in [-0.3, -0.25) is 9.52 Å². The quantitative estimate of drug-likeness (QED) is 0.300. The molecule has 2 aromatic carbocycles. The van der Waals surface area contributed by atoms with Crippen molar-refractivity contribution in [3.05, 3.63) is 66.8 Å². The van der Waals surface area contributed by atoms with Gasteiger partial charge in [0, 0.05) is 13.0 Å². The van der Waals surface area contributed by atoms with E-state index in [0.29, 0.717) is 16.9 Å². The second-order valence-corrected chi connectivity index (χ2v) is 10.7. The first-order chi connectivity index (χ1) is 17.4. The fourth-order valence-electron chi connectivity index (χ4n) is 3.40. The van der Waals surface area contributed by atoms with Crippen molar-refractivity contribution in [3.63, 3.8) is 0 Å². The first-order valence-electron chi connectivity index (χ1n) is 11.4. The van der Waals surface area contributed by atoms with Crippen LogP contribution in [-0.2, 0) is 37.3 Å². The van der Waals surface area contributed by atoms with Gasteiger partial charge in [-0.2, -0.15) is 0 Å². The van der Waals surface area contributed by atoms with Crippen molar-refractivity contribution >= 4 is 38.8 Å². The number of benzene rings is 2. The van der Waals surface area contributed by atoms with E-state index in [0.717, 1.165) is 24.3 Å². The number of imidazole rings is 1. The van der Waals surface area contributed by atoms with Crippen molar-refractivity contribution in [1.82, 2.24) is 14.9 Å². The predicted octanol–water partition coefficient (Wildman–Crippen LogP) is 3.77. The topological polar surface area (TPSA) is 129 Å². The molecule has 0 bridgehead atoms. The van der Waals surface area contributed by atoms with Crippen LogP contribution < -0.4 is 10.0 Å². The summed E-state index contributed by atoms with van der Waals surface area (Å²) in [5, 5.41) is 2.60. The van der Waals surface area contributed by atoms with E-state index < -0.39 is 33.5 Å². The molecule has 1 amide bonds. The Morgan fingerprint density at radius 2 is 1.86 bits per heavy atom. The lowest BCUT2D eigenvalue weighted by Gasteiger charge is -2.20. The molecule has 37 heavy (non-hydrogen) atoms. The number of rotatable bonds is 10. The summed E-state index contributed by atoms with van der Waals surface area (Å²) in [5.74, 6) is -0.553. The predicted molar refractivity (Wildman–Crippen MR) is 136 cm³/mol. The number of fused-ring (bicyclic) bond motifs is 1. The van der Waals surface area contributed by atoms with Gasteiger partial charge in [-0.05, 0) is 63.2 Å². The Bertz CT molecular complexity index is 1400. The first-order valence-corrected chi connectivity index (χ1v) is 12.9. The molecule has 1 aromatic heterocycles. The molecular formula is C25H29FN4O6S. The van der Waals surface area contributed by atoms with Crippen LogP contribution in [-0.4, -0.2) is 48.8 Å². The summed E-state index contributed by atoms with van der Waals surface area (Å²) in [6.45, 7) is 8.87. The molecule has 0 aliphatic carbocycles. The van der Waals surface area contributed by atoms with Crippen LogP contribution in [0.5, 0.6) is 0 Å². The van der Waals surface area contributed by atoms with E-state index in [1.165, 1.54) is 18.2 Å². The molecular weight excluding hydrogens is 503 g/mol. The summed E-state index contributed by atoms with van der Waals surface area (Å²) in [4.78, 5) is 28.8.